The number of nitrogens with zero attached hydrogens (tertiary/aromatic N) is 9. The maximum Gasteiger partial charge on any atom is 0.227 e. The molecule has 2 saturated heterocycles. The second kappa shape index (κ2) is 13.8. The van der Waals surface area contributed by atoms with E-state index in [-0.39, 0.29) is 17.9 Å². The number of carbonyl (C=O) groups is 1. The zero-order valence-corrected chi connectivity index (χ0v) is 25.7. The van der Waals surface area contributed by atoms with Crippen LogP contribution in [-0.2, 0) is 11.3 Å². The third kappa shape index (κ3) is 7.06. The Hall–Kier alpha value is -3.94. The first-order valence-electron chi connectivity index (χ1n) is 15.2. The van der Waals surface area contributed by atoms with Crippen molar-refractivity contribution in [2.75, 3.05) is 31.6 Å². The van der Waals surface area contributed by atoms with Crippen LogP contribution in [0.25, 0.3) is 11.1 Å². The Balaban J connectivity index is 1.12. The number of hydrogen-bond acceptors (Lipinski definition) is 11. The Morgan fingerprint density at radius 1 is 1.11 bits per heavy atom. The van der Waals surface area contributed by atoms with Gasteiger partial charge in [-0.25, -0.2) is 14.6 Å². The first kappa shape index (κ1) is 30.1. The normalized spacial score (nSPS) is 17.4. The number of piperidine rings is 1. The topological polar surface area (TPSA) is 138 Å². The van der Waals surface area contributed by atoms with Gasteiger partial charge in [-0.15, -0.1) is 5.10 Å². The highest BCUT2D eigenvalue weighted by atomic mass is 35.5. The minimum atomic E-state index is -0.213. The van der Waals surface area contributed by atoms with Gasteiger partial charge < -0.3 is 19.7 Å². The smallest absolute Gasteiger partial charge is 0.227 e. The van der Waals surface area contributed by atoms with E-state index in [0.29, 0.717) is 47.1 Å². The fraction of sp³-hybridized carbons (Fsp3) is 0.500. The minimum absolute atomic E-state index is 0.0227. The Morgan fingerprint density at radius 2 is 1.89 bits per heavy atom. The van der Waals surface area contributed by atoms with E-state index >= 15 is 0 Å². The summed E-state index contributed by atoms with van der Waals surface area (Å²) in [7, 11) is 0. The SMILES string of the molecule is CCC(=O)c1nn(C2CCN(C3CCOCC3)CC2)cc1Nc1ncc(-c2ccc(Cl)c(O[C@@H](C)Cn3cnnn3)c2)cn1. The summed E-state index contributed by atoms with van der Waals surface area (Å²) in [5, 5.41) is 19.7. The molecule has 3 aromatic heterocycles. The molecule has 1 N–H and O–H groups in total. The van der Waals surface area contributed by atoms with Crippen LogP contribution in [0.4, 0.5) is 11.6 Å². The van der Waals surface area contributed by atoms with Gasteiger partial charge in [-0.2, -0.15) is 5.10 Å². The van der Waals surface area contributed by atoms with E-state index in [1.807, 2.05) is 36.9 Å². The number of benzene rings is 1. The van der Waals surface area contributed by atoms with Crippen LogP contribution in [0.1, 0.15) is 62.5 Å². The number of ether oxygens (including phenoxy) is 2. The summed E-state index contributed by atoms with van der Waals surface area (Å²) in [5.41, 5.74) is 2.69. The van der Waals surface area contributed by atoms with E-state index in [2.05, 4.69) is 35.7 Å². The molecule has 1 atom stereocenters. The second-order valence-corrected chi connectivity index (χ2v) is 11.7. The first-order valence-corrected chi connectivity index (χ1v) is 15.5. The fourth-order valence-corrected chi connectivity index (χ4v) is 5.99. The largest absolute Gasteiger partial charge is 0.487 e. The molecule has 0 saturated carbocycles. The summed E-state index contributed by atoms with van der Waals surface area (Å²) in [6.07, 6.45) is 11.3. The third-order valence-corrected chi connectivity index (χ3v) is 8.54. The van der Waals surface area contributed by atoms with E-state index in [0.717, 1.165) is 63.1 Å². The average molecular weight is 621 g/mol. The molecule has 0 spiro atoms. The van der Waals surface area contributed by atoms with Gasteiger partial charge in [-0.05, 0) is 60.7 Å². The van der Waals surface area contributed by atoms with Crippen molar-refractivity contribution in [3.05, 3.63) is 53.8 Å². The molecule has 1 aromatic carbocycles. The van der Waals surface area contributed by atoms with Crippen LogP contribution in [0.2, 0.25) is 5.02 Å². The maximum atomic E-state index is 12.8. The molecule has 0 aliphatic carbocycles. The molecule has 13 nitrogen and oxygen atoms in total. The summed E-state index contributed by atoms with van der Waals surface area (Å²) in [4.78, 5) is 24.5. The van der Waals surface area contributed by atoms with E-state index < -0.39 is 0 Å². The highest BCUT2D eigenvalue weighted by Crippen LogP contribution is 2.32. The van der Waals surface area contributed by atoms with Crippen molar-refractivity contribution in [2.45, 2.75) is 70.7 Å². The molecule has 4 aromatic rings. The number of likely N-dealkylation sites (tertiary alicyclic amines) is 1. The molecule has 44 heavy (non-hydrogen) atoms. The molecule has 0 radical (unpaired) electrons. The predicted octanol–water partition coefficient (Wildman–Crippen LogP) is 4.60. The van der Waals surface area contributed by atoms with Crippen LogP contribution in [0.15, 0.2) is 43.1 Å². The Morgan fingerprint density at radius 3 is 2.59 bits per heavy atom. The number of anilines is 2. The van der Waals surface area contributed by atoms with Crippen LogP contribution in [0, 0.1) is 0 Å². The number of hydrogen-bond donors (Lipinski definition) is 1. The number of halogens is 1. The van der Waals surface area contributed by atoms with Crippen LogP contribution in [0.5, 0.6) is 5.75 Å². The Labute approximate surface area is 260 Å². The lowest BCUT2D eigenvalue weighted by molar-refractivity contribution is 0.0212. The third-order valence-electron chi connectivity index (χ3n) is 8.22. The number of Topliss-reactive ketones (excluding diaryl/α,β-unsaturated/α-hetero) is 1. The molecule has 0 amide bonds. The molecule has 5 heterocycles. The summed E-state index contributed by atoms with van der Waals surface area (Å²) < 4.78 is 15.2. The fourth-order valence-electron chi connectivity index (χ4n) is 5.83. The highest BCUT2D eigenvalue weighted by Gasteiger charge is 2.29. The van der Waals surface area contributed by atoms with Gasteiger partial charge in [0.05, 0.1) is 23.3 Å². The zero-order valence-electron chi connectivity index (χ0n) is 25.0. The number of nitrogens with one attached hydrogen (secondary N) is 1. The Kier molecular flexibility index (Phi) is 9.43. The minimum Gasteiger partial charge on any atom is -0.487 e. The van der Waals surface area contributed by atoms with Gasteiger partial charge in [0.1, 0.15) is 18.2 Å². The Bertz CT molecular complexity index is 1530. The summed E-state index contributed by atoms with van der Waals surface area (Å²) in [5.74, 6) is 0.902. The highest BCUT2D eigenvalue weighted by molar-refractivity contribution is 6.32. The molecule has 6 rings (SSSR count). The lowest BCUT2D eigenvalue weighted by atomic mass is 10.00. The van der Waals surface area contributed by atoms with E-state index in [4.69, 9.17) is 26.2 Å². The summed E-state index contributed by atoms with van der Waals surface area (Å²) in [6.45, 7) is 7.99. The summed E-state index contributed by atoms with van der Waals surface area (Å²) in [6, 6.07) is 6.38. The molecule has 2 fully saturated rings. The van der Waals surface area contributed by atoms with Crippen molar-refractivity contribution in [2.24, 2.45) is 0 Å². The van der Waals surface area contributed by atoms with Crippen molar-refractivity contribution >= 4 is 29.0 Å². The molecular formula is C30H37ClN10O3. The van der Waals surface area contributed by atoms with Gasteiger partial charge in [-0.3, -0.25) is 9.48 Å². The standard InChI is InChI=1S/C30H37ClN10O3/c1-3-27(42)29-26(18-41(36-29)24-6-10-39(11-7-24)23-8-12-43-13-9-23)35-30-32-15-22(16-33-30)21-4-5-25(31)28(14-21)44-20(2)17-40-19-34-37-38-40/h4-5,14-16,18-20,23-24H,3,6-13,17H2,1-2H3,(H,32,33,35)/t20-/m0/s1. The monoisotopic (exact) mass is 620 g/mol. The lowest BCUT2D eigenvalue weighted by Crippen LogP contribution is -2.44. The molecular weight excluding hydrogens is 584 g/mol. The van der Waals surface area contributed by atoms with Gasteiger partial charge in [0, 0.05) is 62.9 Å². The number of rotatable bonds is 11. The molecule has 2 aliphatic heterocycles. The van der Waals surface area contributed by atoms with Crippen molar-refractivity contribution in [3.63, 3.8) is 0 Å². The quantitative estimate of drug-likeness (QED) is 0.235. The van der Waals surface area contributed by atoms with Crippen LogP contribution in [-0.4, -0.2) is 89.1 Å². The van der Waals surface area contributed by atoms with E-state index in [1.165, 1.54) is 6.33 Å². The zero-order chi connectivity index (χ0) is 30.5. The molecule has 232 valence electrons. The number of carbonyl (C=O) groups excluding carboxylic acids is 1. The van der Waals surface area contributed by atoms with E-state index in [1.54, 1.807) is 23.1 Å². The first-order chi connectivity index (χ1) is 21.5. The molecule has 14 heteroatoms. The lowest BCUT2D eigenvalue weighted by Gasteiger charge is -2.39. The number of ketones is 1. The van der Waals surface area contributed by atoms with Gasteiger partial charge >= 0.3 is 0 Å². The van der Waals surface area contributed by atoms with Gasteiger partial charge in [0.15, 0.2) is 11.5 Å². The van der Waals surface area contributed by atoms with Gasteiger partial charge in [0.2, 0.25) is 5.95 Å². The van der Waals surface area contributed by atoms with Gasteiger partial charge in [-0.1, -0.05) is 24.6 Å². The van der Waals surface area contributed by atoms with Gasteiger partial charge in [0.25, 0.3) is 0 Å². The van der Waals surface area contributed by atoms with E-state index in [9.17, 15) is 4.79 Å². The van der Waals surface area contributed by atoms with Crippen molar-refractivity contribution in [3.8, 4) is 16.9 Å². The van der Waals surface area contributed by atoms with Crippen molar-refractivity contribution < 1.29 is 14.3 Å². The second-order valence-electron chi connectivity index (χ2n) is 11.3. The number of tetrazole rings is 1. The van der Waals surface area contributed by atoms with Crippen molar-refractivity contribution in [1.82, 2.24) is 44.9 Å². The predicted molar refractivity (Wildman–Crippen MR) is 164 cm³/mol. The van der Waals surface area contributed by atoms with Crippen LogP contribution < -0.4 is 10.1 Å². The van der Waals surface area contributed by atoms with Crippen LogP contribution >= 0.6 is 11.6 Å². The maximum absolute atomic E-state index is 12.8. The molecule has 0 unspecified atom stereocenters. The average Bonchev–Trinajstić information content (AvgIpc) is 3.73. The molecule has 2 aliphatic rings. The van der Waals surface area contributed by atoms with Crippen LogP contribution in [0.3, 0.4) is 0 Å². The summed E-state index contributed by atoms with van der Waals surface area (Å²) >= 11 is 6.42. The van der Waals surface area contributed by atoms with Crippen molar-refractivity contribution in [1.29, 1.82) is 0 Å². The molecule has 0 bridgehead atoms. The number of aromatic nitrogens is 8.